The van der Waals surface area contributed by atoms with Crippen LogP contribution < -0.4 is 11.5 Å². The van der Waals surface area contributed by atoms with Crippen molar-refractivity contribution < 1.29 is 4.21 Å². The number of nitrogens with zero attached hydrogens (tertiary/aromatic N) is 1. The lowest BCUT2D eigenvalue weighted by molar-refractivity contribution is 0.693. The summed E-state index contributed by atoms with van der Waals surface area (Å²) in [5, 5.41) is 0.0878. The van der Waals surface area contributed by atoms with Crippen LogP contribution in [0.5, 0.6) is 0 Å². The molecule has 10 heavy (non-hydrogen) atoms. The molecule has 0 amide bonds. The average Bonchev–Trinajstić information content (AvgIpc) is 1.82. The van der Waals surface area contributed by atoms with Crippen LogP contribution in [0.25, 0.3) is 0 Å². The highest BCUT2D eigenvalue weighted by Gasteiger charge is 1.92. The van der Waals surface area contributed by atoms with E-state index in [9.17, 15) is 4.21 Å². The van der Waals surface area contributed by atoms with Gasteiger partial charge in [0.15, 0.2) is 5.17 Å². The van der Waals surface area contributed by atoms with Gasteiger partial charge in [-0.25, -0.2) is 4.99 Å². The molecule has 4 nitrogen and oxygen atoms in total. The highest BCUT2D eigenvalue weighted by Crippen LogP contribution is 1.82. The normalized spacial score (nSPS) is 17.0. The van der Waals surface area contributed by atoms with E-state index in [-0.39, 0.29) is 5.17 Å². The van der Waals surface area contributed by atoms with Gasteiger partial charge >= 0.3 is 0 Å². The Morgan fingerprint density at radius 3 is 2.40 bits per heavy atom. The minimum atomic E-state index is -1.20. The van der Waals surface area contributed by atoms with E-state index in [0.717, 1.165) is 0 Å². The predicted octanol–water partition coefficient (Wildman–Crippen LogP) is -0.500. The quantitative estimate of drug-likeness (QED) is 0.402. The second-order valence-electron chi connectivity index (χ2n) is 1.79. The Labute approximate surface area is 62.5 Å². The van der Waals surface area contributed by atoms with Crippen molar-refractivity contribution in [1.29, 1.82) is 0 Å². The van der Waals surface area contributed by atoms with Gasteiger partial charge in [-0.05, 0) is 6.92 Å². The van der Waals surface area contributed by atoms with Crippen LogP contribution in [0.1, 0.15) is 6.92 Å². The monoisotopic (exact) mass is 161 g/mol. The molecule has 5 heteroatoms. The molecular weight excluding hydrogens is 150 g/mol. The summed E-state index contributed by atoms with van der Waals surface area (Å²) in [5.74, 6) is 0. The number of rotatable bonds is 1. The smallest absolute Gasteiger partial charge is 0.189 e. The van der Waals surface area contributed by atoms with Crippen LogP contribution in [0, 0.1) is 0 Å². The van der Waals surface area contributed by atoms with E-state index < -0.39 is 10.8 Å². The summed E-state index contributed by atoms with van der Waals surface area (Å²) in [6.07, 6.45) is 2.83. The molecule has 1 unspecified atom stereocenters. The first-order chi connectivity index (χ1) is 4.54. The summed E-state index contributed by atoms with van der Waals surface area (Å²) in [7, 11) is -1.20. The summed E-state index contributed by atoms with van der Waals surface area (Å²) in [4.78, 5) is 3.63. The molecule has 0 bridgehead atoms. The van der Waals surface area contributed by atoms with Crippen molar-refractivity contribution >= 4 is 16.0 Å². The van der Waals surface area contributed by atoms with Crippen molar-refractivity contribution in [2.45, 2.75) is 6.92 Å². The van der Waals surface area contributed by atoms with E-state index in [1.807, 2.05) is 0 Å². The third-order valence-corrected chi connectivity index (χ3v) is 1.38. The van der Waals surface area contributed by atoms with Gasteiger partial charge < -0.3 is 11.5 Å². The maximum absolute atomic E-state index is 10.5. The Bertz CT molecular complexity index is 193. The first kappa shape index (κ1) is 9.16. The van der Waals surface area contributed by atoms with Crippen LogP contribution >= 0.6 is 0 Å². The van der Waals surface area contributed by atoms with Crippen molar-refractivity contribution in [2.75, 3.05) is 6.26 Å². The Morgan fingerprint density at radius 2 is 2.10 bits per heavy atom. The molecule has 0 radical (unpaired) electrons. The van der Waals surface area contributed by atoms with Crippen LogP contribution in [0.4, 0.5) is 0 Å². The minimum Gasteiger partial charge on any atom is -0.401 e. The fraction of sp³-hybridized carbons (Fsp3) is 0.400. The molecule has 0 aromatic heterocycles. The van der Waals surface area contributed by atoms with Gasteiger partial charge in [0.2, 0.25) is 0 Å². The minimum absolute atomic E-state index is 0.0878. The zero-order valence-electron chi connectivity index (χ0n) is 6.00. The molecule has 0 spiro atoms. The largest absolute Gasteiger partial charge is 0.401 e. The maximum Gasteiger partial charge on any atom is 0.189 e. The highest BCUT2D eigenvalue weighted by molar-refractivity contribution is 7.99. The summed E-state index contributed by atoms with van der Waals surface area (Å²) < 4.78 is 10.5. The van der Waals surface area contributed by atoms with Crippen molar-refractivity contribution in [1.82, 2.24) is 0 Å². The lowest BCUT2D eigenvalue weighted by Gasteiger charge is -1.90. The molecule has 0 aliphatic heterocycles. The summed E-state index contributed by atoms with van der Waals surface area (Å²) in [6, 6.07) is 0. The fourth-order valence-corrected chi connectivity index (χ4v) is 0.441. The van der Waals surface area contributed by atoms with Crippen molar-refractivity contribution in [2.24, 2.45) is 16.5 Å². The zero-order chi connectivity index (χ0) is 8.15. The van der Waals surface area contributed by atoms with Gasteiger partial charge in [0, 0.05) is 18.2 Å². The van der Waals surface area contributed by atoms with Crippen LogP contribution in [0.15, 0.2) is 16.9 Å². The predicted molar refractivity (Wildman–Crippen MR) is 43.6 cm³/mol. The highest BCUT2D eigenvalue weighted by atomic mass is 32.2. The number of amidine groups is 1. The first-order valence-electron chi connectivity index (χ1n) is 2.63. The second-order valence-corrected chi connectivity index (χ2v) is 3.12. The fourth-order valence-electron chi connectivity index (χ4n) is 0.240. The van der Waals surface area contributed by atoms with Crippen molar-refractivity contribution in [3.63, 3.8) is 0 Å². The molecular formula is C5H11N3OS. The molecule has 0 saturated heterocycles. The van der Waals surface area contributed by atoms with Gasteiger partial charge in [-0.3, -0.25) is 4.21 Å². The number of nitrogens with two attached hydrogens (primary N) is 2. The van der Waals surface area contributed by atoms with Crippen molar-refractivity contribution in [3.8, 4) is 0 Å². The Kier molecular flexibility index (Phi) is 3.71. The number of aliphatic imine (C=N–C) groups is 1. The molecule has 0 aromatic rings. The standard InChI is InChI=1S/C5H11N3OS/c1-4(6)3-8-5(7)10(2)9/h3H,6H2,1-2H3,(H2,7,8)/b4-3-. The molecule has 0 aliphatic carbocycles. The summed E-state index contributed by atoms with van der Waals surface area (Å²) >= 11 is 0. The van der Waals surface area contributed by atoms with Crippen LogP contribution in [0.3, 0.4) is 0 Å². The summed E-state index contributed by atoms with van der Waals surface area (Å²) in [6.45, 7) is 1.68. The molecule has 4 N–H and O–H groups in total. The van der Waals surface area contributed by atoms with Gasteiger partial charge in [-0.2, -0.15) is 0 Å². The lowest BCUT2D eigenvalue weighted by Crippen LogP contribution is -2.16. The molecule has 58 valence electrons. The molecule has 0 heterocycles. The van der Waals surface area contributed by atoms with E-state index in [2.05, 4.69) is 4.99 Å². The van der Waals surface area contributed by atoms with Crippen LogP contribution in [-0.4, -0.2) is 15.6 Å². The van der Waals surface area contributed by atoms with Gasteiger partial charge in [0.1, 0.15) is 0 Å². The second kappa shape index (κ2) is 4.05. The maximum atomic E-state index is 10.5. The van der Waals surface area contributed by atoms with Crippen molar-refractivity contribution in [3.05, 3.63) is 11.9 Å². The van der Waals surface area contributed by atoms with Gasteiger partial charge in [0.05, 0.1) is 10.8 Å². The number of hydrogen-bond acceptors (Lipinski definition) is 3. The third kappa shape index (κ3) is 4.08. The Morgan fingerprint density at radius 1 is 1.60 bits per heavy atom. The zero-order valence-corrected chi connectivity index (χ0v) is 6.81. The van der Waals surface area contributed by atoms with E-state index >= 15 is 0 Å². The molecule has 0 aliphatic rings. The average molecular weight is 161 g/mol. The molecule has 0 fully saturated rings. The first-order valence-corrected chi connectivity index (χ1v) is 4.18. The lowest BCUT2D eigenvalue weighted by atomic mass is 10.6. The van der Waals surface area contributed by atoms with Gasteiger partial charge in [0.25, 0.3) is 0 Å². The topological polar surface area (TPSA) is 81.5 Å². The molecule has 0 saturated carbocycles. The SMILES string of the molecule is C/C(N)=C/N=C(N)S(C)=O. The Balaban J connectivity index is 4.19. The number of hydrogen-bond donors (Lipinski definition) is 2. The van der Waals surface area contributed by atoms with E-state index in [4.69, 9.17) is 11.5 Å². The van der Waals surface area contributed by atoms with E-state index in [1.54, 1.807) is 6.92 Å². The number of allylic oxidation sites excluding steroid dienone is 1. The summed E-state index contributed by atoms with van der Waals surface area (Å²) in [5.41, 5.74) is 11.0. The van der Waals surface area contributed by atoms with Crippen LogP contribution in [-0.2, 0) is 10.8 Å². The van der Waals surface area contributed by atoms with Crippen LogP contribution in [0.2, 0.25) is 0 Å². The molecule has 1 atom stereocenters. The Hall–Kier alpha value is -0.840. The molecule has 0 aromatic carbocycles. The van der Waals surface area contributed by atoms with Gasteiger partial charge in [-0.15, -0.1) is 0 Å². The third-order valence-electron chi connectivity index (χ3n) is 0.690. The van der Waals surface area contributed by atoms with E-state index in [1.165, 1.54) is 12.5 Å². The van der Waals surface area contributed by atoms with E-state index in [0.29, 0.717) is 5.70 Å². The molecule has 0 rings (SSSR count). The van der Waals surface area contributed by atoms with Gasteiger partial charge in [-0.1, -0.05) is 0 Å².